The van der Waals surface area contributed by atoms with Crippen LogP contribution in [0.1, 0.15) is 39.4 Å². The van der Waals surface area contributed by atoms with Crippen molar-refractivity contribution in [1.29, 1.82) is 0 Å². The van der Waals surface area contributed by atoms with E-state index in [-0.39, 0.29) is 18.2 Å². The Balaban J connectivity index is 1.63. The Kier molecular flexibility index (Phi) is 6.56. The van der Waals surface area contributed by atoms with Gasteiger partial charge in [0.15, 0.2) is 0 Å². The molecule has 0 unspecified atom stereocenters. The maximum Gasteiger partial charge on any atom is 0.367 e. The van der Waals surface area contributed by atoms with E-state index >= 15 is 0 Å². The first kappa shape index (κ1) is 20.5. The van der Waals surface area contributed by atoms with Crippen molar-refractivity contribution in [1.82, 2.24) is 14.8 Å². The zero-order valence-corrected chi connectivity index (χ0v) is 17.2. The number of carbonyl (C=O) groups is 2. The van der Waals surface area contributed by atoms with E-state index in [4.69, 9.17) is 9.47 Å². The molecule has 0 fully saturated rings. The van der Waals surface area contributed by atoms with Crippen LogP contribution in [0.2, 0.25) is 0 Å². The lowest BCUT2D eigenvalue weighted by Gasteiger charge is -2.03. The first-order chi connectivity index (χ1) is 14.0. The molecule has 2 heterocycles. The predicted molar refractivity (Wildman–Crippen MR) is 110 cm³/mol. The van der Waals surface area contributed by atoms with Gasteiger partial charge in [-0.05, 0) is 39.0 Å². The highest BCUT2D eigenvalue weighted by atomic mass is 32.1. The van der Waals surface area contributed by atoms with Gasteiger partial charge in [0, 0.05) is 22.7 Å². The van der Waals surface area contributed by atoms with Gasteiger partial charge in [0.1, 0.15) is 6.61 Å². The van der Waals surface area contributed by atoms with Gasteiger partial charge in [-0.2, -0.15) is 5.10 Å². The lowest BCUT2D eigenvalue weighted by atomic mass is 10.2. The van der Waals surface area contributed by atoms with Crippen molar-refractivity contribution in [3.8, 4) is 5.69 Å². The highest BCUT2D eigenvalue weighted by Gasteiger charge is 2.13. The summed E-state index contributed by atoms with van der Waals surface area (Å²) >= 11 is 1.16. The maximum absolute atomic E-state index is 12.1. The molecule has 1 aromatic carbocycles. The largest absolute Gasteiger partial charge is 0.461 e. The van der Waals surface area contributed by atoms with E-state index in [2.05, 4.69) is 10.1 Å². The third-order valence-corrected chi connectivity index (χ3v) is 4.97. The van der Waals surface area contributed by atoms with E-state index in [0.717, 1.165) is 34.0 Å². The van der Waals surface area contributed by atoms with Crippen molar-refractivity contribution in [2.45, 2.75) is 27.4 Å². The van der Waals surface area contributed by atoms with Crippen molar-refractivity contribution >= 4 is 29.4 Å². The van der Waals surface area contributed by atoms with Crippen molar-refractivity contribution in [2.75, 3.05) is 6.61 Å². The Morgan fingerprint density at radius 2 is 1.93 bits per heavy atom. The molecule has 150 valence electrons. The van der Waals surface area contributed by atoms with Crippen LogP contribution in [0, 0.1) is 13.8 Å². The second-order valence-electron chi connectivity index (χ2n) is 6.14. The van der Waals surface area contributed by atoms with E-state index in [1.807, 2.05) is 48.9 Å². The van der Waals surface area contributed by atoms with Crippen LogP contribution in [-0.4, -0.2) is 33.3 Å². The number of aryl methyl sites for hydroxylation is 1. The topological polar surface area (TPSA) is 83.3 Å². The lowest BCUT2D eigenvalue weighted by molar-refractivity contribution is -0.139. The molecule has 3 rings (SSSR count). The SMILES string of the molecule is CCOC(=O)c1nc(COC(=O)C=Cc2c(C)nn(-c3ccccc3)c2C)cs1. The van der Waals surface area contributed by atoms with Crippen LogP contribution in [-0.2, 0) is 20.9 Å². The number of benzene rings is 1. The molecule has 0 atom stereocenters. The number of para-hydroxylation sites is 1. The Labute approximate surface area is 172 Å². The molecule has 0 N–H and O–H groups in total. The fourth-order valence-electron chi connectivity index (χ4n) is 2.72. The van der Waals surface area contributed by atoms with Gasteiger partial charge in [-0.3, -0.25) is 0 Å². The average molecular weight is 411 g/mol. The van der Waals surface area contributed by atoms with E-state index in [0.29, 0.717) is 5.69 Å². The minimum Gasteiger partial charge on any atom is -0.461 e. The number of aromatic nitrogens is 3. The zero-order valence-electron chi connectivity index (χ0n) is 16.4. The summed E-state index contributed by atoms with van der Waals surface area (Å²) < 4.78 is 11.9. The number of hydrogen-bond acceptors (Lipinski definition) is 7. The summed E-state index contributed by atoms with van der Waals surface area (Å²) in [5, 5.41) is 6.46. The number of rotatable bonds is 7. The number of hydrogen-bond donors (Lipinski definition) is 0. The molecule has 0 aliphatic heterocycles. The second kappa shape index (κ2) is 9.29. The van der Waals surface area contributed by atoms with Crippen LogP contribution in [0.3, 0.4) is 0 Å². The highest BCUT2D eigenvalue weighted by molar-refractivity contribution is 7.11. The molecular formula is C21H21N3O4S. The fraction of sp³-hybridized carbons (Fsp3) is 0.238. The molecule has 0 aliphatic rings. The van der Waals surface area contributed by atoms with E-state index in [1.54, 1.807) is 18.4 Å². The van der Waals surface area contributed by atoms with Gasteiger partial charge in [0.25, 0.3) is 0 Å². The summed E-state index contributed by atoms with van der Waals surface area (Å²) in [6.45, 7) is 5.84. The van der Waals surface area contributed by atoms with Crippen LogP contribution in [0.25, 0.3) is 11.8 Å². The van der Waals surface area contributed by atoms with Gasteiger partial charge in [-0.15, -0.1) is 11.3 Å². The maximum atomic E-state index is 12.1. The molecule has 0 bridgehead atoms. The molecule has 3 aromatic rings. The van der Waals surface area contributed by atoms with E-state index in [9.17, 15) is 9.59 Å². The molecule has 0 spiro atoms. The smallest absolute Gasteiger partial charge is 0.367 e. The second-order valence-corrected chi connectivity index (χ2v) is 7.00. The number of thiazole rings is 1. The Morgan fingerprint density at radius 3 is 2.66 bits per heavy atom. The quantitative estimate of drug-likeness (QED) is 0.433. The summed E-state index contributed by atoms with van der Waals surface area (Å²) in [5.74, 6) is -0.974. The summed E-state index contributed by atoms with van der Waals surface area (Å²) in [5.41, 5.74) is 4.06. The predicted octanol–water partition coefficient (Wildman–Crippen LogP) is 3.88. The summed E-state index contributed by atoms with van der Waals surface area (Å²) in [6.07, 6.45) is 3.06. The Morgan fingerprint density at radius 1 is 1.17 bits per heavy atom. The van der Waals surface area contributed by atoms with Crippen molar-refractivity contribution in [2.24, 2.45) is 0 Å². The van der Waals surface area contributed by atoms with Gasteiger partial charge >= 0.3 is 11.9 Å². The Hall–Kier alpha value is -3.26. The minimum atomic E-state index is -0.498. The minimum absolute atomic E-state index is 0.0136. The summed E-state index contributed by atoms with van der Waals surface area (Å²) in [6, 6.07) is 9.79. The van der Waals surface area contributed by atoms with Crippen molar-refractivity contribution < 1.29 is 19.1 Å². The average Bonchev–Trinajstić information content (AvgIpc) is 3.30. The molecule has 7 nitrogen and oxygen atoms in total. The molecule has 0 aliphatic carbocycles. The first-order valence-corrected chi connectivity index (χ1v) is 9.95. The van der Waals surface area contributed by atoms with E-state index in [1.165, 1.54) is 6.08 Å². The number of esters is 2. The molecule has 8 heteroatoms. The number of nitrogens with zero attached hydrogens (tertiary/aromatic N) is 3. The molecule has 0 saturated carbocycles. The Bertz CT molecular complexity index is 1040. The van der Waals surface area contributed by atoms with Crippen LogP contribution in [0.4, 0.5) is 0 Å². The zero-order chi connectivity index (χ0) is 20.8. The molecule has 0 radical (unpaired) electrons. The van der Waals surface area contributed by atoms with Crippen molar-refractivity contribution in [3.05, 3.63) is 69.4 Å². The van der Waals surface area contributed by atoms with Crippen LogP contribution >= 0.6 is 11.3 Å². The monoisotopic (exact) mass is 411 g/mol. The van der Waals surface area contributed by atoms with Gasteiger partial charge in [-0.25, -0.2) is 19.3 Å². The molecule has 2 aromatic heterocycles. The van der Waals surface area contributed by atoms with Crippen molar-refractivity contribution in [3.63, 3.8) is 0 Å². The van der Waals surface area contributed by atoms with Gasteiger partial charge in [-0.1, -0.05) is 18.2 Å². The van der Waals surface area contributed by atoms with Crippen LogP contribution < -0.4 is 0 Å². The molecule has 29 heavy (non-hydrogen) atoms. The van der Waals surface area contributed by atoms with E-state index < -0.39 is 11.9 Å². The summed E-state index contributed by atoms with van der Waals surface area (Å²) in [7, 11) is 0. The standard InChI is InChI=1S/C21H21N3O4S/c1-4-27-21(26)20-22-16(13-29-20)12-28-19(25)11-10-18-14(2)23-24(15(18)3)17-8-6-5-7-9-17/h5-11,13H,4,12H2,1-3H3. The number of ether oxygens (including phenoxy) is 2. The highest BCUT2D eigenvalue weighted by Crippen LogP contribution is 2.19. The van der Waals surface area contributed by atoms with Crippen LogP contribution in [0.5, 0.6) is 0 Å². The van der Waals surface area contributed by atoms with Gasteiger partial charge < -0.3 is 9.47 Å². The normalized spacial score (nSPS) is 11.0. The van der Waals surface area contributed by atoms with Gasteiger partial charge in [0.2, 0.25) is 5.01 Å². The third kappa shape index (κ3) is 4.97. The third-order valence-electron chi connectivity index (χ3n) is 4.10. The molecule has 0 saturated heterocycles. The number of carbonyl (C=O) groups excluding carboxylic acids is 2. The lowest BCUT2D eigenvalue weighted by Crippen LogP contribution is -2.05. The molecule has 0 amide bonds. The summed E-state index contributed by atoms with van der Waals surface area (Å²) in [4.78, 5) is 27.8. The molecular weight excluding hydrogens is 390 g/mol. The first-order valence-electron chi connectivity index (χ1n) is 9.07. The van der Waals surface area contributed by atoms with Gasteiger partial charge in [0.05, 0.1) is 23.7 Å². The fourth-order valence-corrected chi connectivity index (χ4v) is 3.41. The van der Waals surface area contributed by atoms with Crippen LogP contribution in [0.15, 0.2) is 41.8 Å².